The number of hydrogen-bond donors (Lipinski definition) is 2. The number of urea groups is 1. The van der Waals surface area contributed by atoms with Gasteiger partial charge in [0.2, 0.25) is 5.96 Å². The van der Waals surface area contributed by atoms with E-state index in [0.717, 1.165) is 35.1 Å². The number of allylic oxidation sites excluding steroid dienone is 1. The molecule has 8 nitrogen and oxygen atoms in total. The minimum absolute atomic E-state index is 0.0495. The molecule has 2 amide bonds. The molecule has 0 radical (unpaired) electrons. The normalized spacial score (nSPS) is 15.7. The highest BCUT2D eigenvalue weighted by Crippen LogP contribution is 2.41. The van der Waals surface area contributed by atoms with Crippen molar-refractivity contribution in [1.29, 1.82) is 10.7 Å². The summed E-state index contributed by atoms with van der Waals surface area (Å²) in [6.07, 6.45) is -4.67. The van der Waals surface area contributed by atoms with Gasteiger partial charge in [-0.2, -0.15) is 18.4 Å². The van der Waals surface area contributed by atoms with Crippen LogP contribution in [0.3, 0.4) is 0 Å². The molecule has 11 heteroatoms. The first-order valence-corrected chi connectivity index (χ1v) is 10.4. The summed E-state index contributed by atoms with van der Waals surface area (Å²) >= 11 is 0. The Morgan fingerprint density at radius 3 is 2.44 bits per heavy atom. The third-order valence-electron chi connectivity index (χ3n) is 5.51. The molecule has 0 saturated carbocycles. The Hall–Kier alpha value is -4.77. The highest BCUT2D eigenvalue weighted by Gasteiger charge is 2.44. The second-order valence-corrected chi connectivity index (χ2v) is 7.60. The minimum atomic E-state index is -4.67. The molecule has 0 aliphatic carbocycles. The zero-order valence-corrected chi connectivity index (χ0v) is 19.4. The van der Waals surface area contributed by atoms with Crippen LogP contribution < -0.4 is 10.6 Å². The number of esters is 1. The number of nitrogens with two attached hydrogens (primary N) is 1. The molecule has 1 aliphatic heterocycles. The molecule has 1 aliphatic rings. The summed E-state index contributed by atoms with van der Waals surface area (Å²) in [4.78, 5) is 27.4. The van der Waals surface area contributed by atoms with E-state index in [-0.39, 0.29) is 28.1 Å². The van der Waals surface area contributed by atoms with E-state index < -0.39 is 35.7 Å². The molecule has 1 atom stereocenters. The van der Waals surface area contributed by atoms with Gasteiger partial charge in [-0.05, 0) is 49.7 Å². The van der Waals surface area contributed by atoms with E-state index in [2.05, 4.69) is 11.8 Å². The number of nitrogens with zero attached hydrogens (tertiary/aromatic N) is 3. The predicted molar refractivity (Wildman–Crippen MR) is 124 cm³/mol. The summed E-state index contributed by atoms with van der Waals surface area (Å²) in [5.41, 5.74) is 5.26. The Bertz CT molecular complexity index is 1400. The van der Waals surface area contributed by atoms with Crippen molar-refractivity contribution in [2.75, 3.05) is 12.0 Å². The zero-order chi connectivity index (χ0) is 26.8. The number of methoxy groups -OCH3 is 1. The Kier molecular flexibility index (Phi) is 7.07. The summed E-state index contributed by atoms with van der Waals surface area (Å²) < 4.78 is 45.1. The highest BCUT2D eigenvalue weighted by atomic mass is 19.4. The number of alkyl halides is 3. The van der Waals surface area contributed by atoms with Gasteiger partial charge in [0.25, 0.3) is 0 Å². The van der Waals surface area contributed by atoms with Crippen LogP contribution in [0.1, 0.15) is 42.1 Å². The van der Waals surface area contributed by atoms with Gasteiger partial charge in [-0.25, -0.2) is 9.59 Å². The molecule has 3 N–H and O–H groups in total. The van der Waals surface area contributed by atoms with Crippen molar-refractivity contribution in [3.63, 3.8) is 0 Å². The van der Waals surface area contributed by atoms with E-state index >= 15 is 0 Å². The van der Waals surface area contributed by atoms with Crippen LogP contribution in [0.25, 0.3) is 0 Å². The zero-order valence-electron chi connectivity index (χ0n) is 19.4. The average molecular weight is 495 g/mol. The van der Waals surface area contributed by atoms with Gasteiger partial charge >= 0.3 is 18.2 Å². The second kappa shape index (κ2) is 9.84. The molecule has 36 heavy (non-hydrogen) atoms. The second-order valence-electron chi connectivity index (χ2n) is 7.60. The highest BCUT2D eigenvalue weighted by molar-refractivity contribution is 6.10. The van der Waals surface area contributed by atoms with E-state index in [4.69, 9.17) is 15.9 Å². The number of primary amides is 1. The first-order chi connectivity index (χ1) is 17.0. The van der Waals surface area contributed by atoms with Crippen LogP contribution >= 0.6 is 0 Å². The first-order valence-electron chi connectivity index (χ1n) is 10.4. The summed E-state index contributed by atoms with van der Waals surface area (Å²) in [5.74, 6) is 4.03. The predicted octanol–water partition coefficient (Wildman–Crippen LogP) is 4.27. The number of anilines is 1. The summed E-state index contributed by atoms with van der Waals surface area (Å²) in [7, 11) is 1.11. The van der Waals surface area contributed by atoms with E-state index in [9.17, 15) is 28.0 Å². The number of rotatable bonds is 3. The van der Waals surface area contributed by atoms with Crippen LogP contribution in [0.4, 0.5) is 23.7 Å². The standard InChI is InChI=1S/C25H20F3N5O3/c1-4-6-16-11-15(13-29)9-10-19(16)21-20(22(34)36-3)14(2)32(23(30)33(21)24(31)35)18-8-5-7-17(12-18)25(26,27)28/h5,7-12,21,30H,1-3H3,(H2,31,35)/t21-/m1/s1. The van der Waals surface area contributed by atoms with Crippen molar-refractivity contribution in [3.05, 3.63) is 76.0 Å². The number of guanidine groups is 1. The van der Waals surface area contributed by atoms with E-state index in [1.165, 1.54) is 31.2 Å². The van der Waals surface area contributed by atoms with Gasteiger partial charge in [-0.3, -0.25) is 15.2 Å². The summed E-state index contributed by atoms with van der Waals surface area (Å²) in [5, 5.41) is 18.0. The molecule has 2 aromatic rings. The third kappa shape index (κ3) is 4.59. The monoisotopic (exact) mass is 495 g/mol. The van der Waals surface area contributed by atoms with Crippen molar-refractivity contribution < 1.29 is 27.5 Å². The van der Waals surface area contributed by atoms with Crippen LogP contribution in [-0.2, 0) is 15.7 Å². The maximum absolute atomic E-state index is 13.4. The van der Waals surface area contributed by atoms with Gasteiger partial charge in [-0.1, -0.05) is 18.1 Å². The number of ether oxygens (including phenoxy) is 1. The average Bonchev–Trinajstić information content (AvgIpc) is 2.83. The molecular weight excluding hydrogens is 475 g/mol. The molecule has 2 aromatic carbocycles. The Labute approximate surface area is 204 Å². The number of carbonyl (C=O) groups excluding carboxylic acids is 2. The molecule has 0 aromatic heterocycles. The van der Waals surface area contributed by atoms with Gasteiger partial charge in [-0.15, -0.1) is 5.92 Å². The molecule has 0 saturated heterocycles. The molecule has 3 rings (SSSR count). The minimum Gasteiger partial charge on any atom is -0.466 e. The number of halogens is 3. The molecule has 1 heterocycles. The van der Waals surface area contributed by atoms with Crippen LogP contribution in [0, 0.1) is 28.6 Å². The smallest absolute Gasteiger partial charge is 0.416 e. The number of carbonyl (C=O) groups is 2. The topological polar surface area (TPSA) is 124 Å². The lowest BCUT2D eigenvalue weighted by Crippen LogP contribution is -2.55. The van der Waals surface area contributed by atoms with Crippen molar-refractivity contribution in [3.8, 4) is 17.9 Å². The van der Waals surface area contributed by atoms with Crippen LogP contribution in [0.2, 0.25) is 0 Å². The summed E-state index contributed by atoms with van der Waals surface area (Å²) in [6.45, 7) is 2.97. The molecule has 0 fully saturated rings. The molecule has 0 unspecified atom stereocenters. The largest absolute Gasteiger partial charge is 0.466 e. The van der Waals surface area contributed by atoms with Gasteiger partial charge in [0.15, 0.2) is 0 Å². The van der Waals surface area contributed by atoms with Crippen LogP contribution in [-0.4, -0.2) is 30.0 Å². The molecular formula is C25H20F3N5O3. The molecule has 184 valence electrons. The van der Waals surface area contributed by atoms with Crippen molar-refractivity contribution in [2.45, 2.75) is 26.1 Å². The van der Waals surface area contributed by atoms with Crippen molar-refractivity contribution in [1.82, 2.24) is 4.90 Å². The Morgan fingerprint density at radius 1 is 1.19 bits per heavy atom. The number of benzene rings is 2. The maximum Gasteiger partial charge on any atom is 0.416 e. The van der Waals surface area contributed by atoms with Crippen molar-refractivity contribution in [2.24, 2.45) is 5.73 Å². The fraction of sp³-hybridized carbons (Fsp3) is 0.200. The van der Waals surface area contributed by atoms with Gasteiger partial charge in [0.05, 0.1) is 29.9 Å². The number of nitrogens with one attached hydrogen (secondary N) is 1. The summed E-state index contributed by atoms with van der Waals surface area (Å²) in [6, 6.07) is 8.02. The Morgan fingerprint density at radius 2 is 1.89 bits per heavy atom. The lowest BCUT2D eigenvalue weighted by Gasteiger charge is -2.43. The van der Waals surface area contributed by atoms with E-state index in [1.807, 2.05) is 6.07 Å². The van der Waals surface area contributed by atoms with Crippen LogP contribution in [0.5, 0.6) is 0 Å². The quantitative estimate of drug-likeness (QED) is 0.486. The lowest BCUT2D eigenvalue weighted by molar-refractivity contribution is -0.138. The SMILES string of the molecule is CC#Cc1cc(C#N)ccc1[C@@H]1C(C(=O)OC)=C(C)N(c2cccc(C(F)(F)F)c2)C(=N)N1C(N)=O. The fourth-order valence-electron chi connectivity index (χ4n) is 3.98. The van der Waals surface area contributed by atoms with Crippen LogP contribution in [0.15, 0.2) is 53.7 Å². The number of nitriles is 1. The van der Waals surface area contributed by atoms with Gasteiger partial charge in [0.1, 0.15) is 6.04 Å². The van der Waals surface area contributed by atoms with Gasteiger partial charge < -0.3 is 10.5 Å². The van der Waals surface area contributed by atoms with E-state index in [0.29, 0.717) is 5.56 Å². The Balaban J connectivity index is 2.37. The molecule has 0 bridgehead atoms. The molecule has 0 spiro atoms. The maximum atomic E-state index is 13.4. The third-order valence-corrected chi connectivity index (χ3v) is 5.51. The number of amides is 2. The lowest BCUT2D eigenvalue weighted by atomic mass is 9.89. The van der Waals surface area contributed by atoms with Crippen molar-refractivity contribution >= 4 is 23.6 Å². The number of hydrogen-bond acceptors (Lipinski definition) is 5. The first kappa shape index (κ1) is 25.8. The van der Waals surface area contributed by atoms with E-state index in [1.54, 1.807) is 6.92 Å². The van der Waals surface area contributed by atoms with Gasteiger partial charge in [0, 0.05) is 16.9 Å². The fourth-order valence-corrected chi connectivity index (χ4v) is 3.98.